The maximum absolute atomic E-state index is 10.9. The van der Waals surface area contributed by atoms with E-state index in [-0.39, 0.29) is 42.5 Å². The minimum absolute atomic E-state index is 0. The number of aliphatic hydroxyl groups is 1. The van der Waals surface area contributed by atoms with Crippen LogP contribution in [0.15, 0.2) is 0 Å². The van der Waals surface area contributed by atoms with Gasteiger partial charge in [0.2, 0.25) is 0 Å². The Morgan fingerprint density at radius 3 is 2.31 bits per heavy atom. The standard InChI is InChI=1S/C8H18N2O4S.Na/c1-2-8(11,15(12,13)14)7-10-5-3-9-4-6-10;/h9,11H,2-7H2,1H3,(H,12,13,14);/q;+1/p-1. The molecule has 1 unspecified atom stereocenters. The van der Waals surface area contributed by atoms with Gasteiger partial charge < -0.3 is 15.0 Å². The smallest absolute Gasteiger partial charge is 0.746 e. The maximum atomic E-state index is 10.9. The van der Waals surface area contributed by atoms with Crippen molar-refractivity contribution in [2.45, 2.75) is 18.3 Å². The Kier molecular flexibility index (Phi) is 6.98. The average Bonchev–Trinajstić information content (AvgIpc) is 2.17. The van der Waals surface area contributed by atoms with E-state index in [0.29, 0.717) is 13.1 Å². The molecule has 8 heteroatoms. The molecule has 0 amide bonds. The van der Waals surface area contributed by atoms with E-state index in [4.69, 9.17) is 0 Å². The molecule has 0 aromatic carbocycles. The number of hydrogen-bond acceptors (Lipinski definition) is 6. The minimum Gasteiger partial charge on any atom is -0.746 e. The summed E-state index contributed by atoms with van der Waals surface area (Å²) in [6.07, 6.45) is -0.0806. The zero-order valence-corrected chi connectivity index (χ0v) is 12.6. The van der Waals surface area contributed by atoms with Gasteiger partial charge in [0, 0.05) is 32.7 Å². The second kappa shape index (κ2) is 6.65. The van der Waals surface area contributed by atoms with Crippen LogP contribution in [0.4, 0.5) is 0 Å². The molecule has 1 fully saturated rings. The van der Waals surface area contributed by atoms with Crippen molar-refractivity contribution in [3.8, 4) is 0 Å². The van der Waals surface area contributed by atoms with Crippen LogP contribution in [-0.2, 0) is 10.1 Å². The summed E-state index contributed by atoms with van der Waals surface area (Å²) in [5, 5.41) is 12.9. The minimum atomic E-state index is -4.67. The first-order chi connectivity index (χ1) is 6.89. The summed E-state index contributed by atoms with van der Waals surface area (Å²) in [7, 11) is -4.67. The molecular weight excluding hydrogens is 243 g/mol. The number of nitrogens with zero attached hydrogens (tertiary/aromatic N) is 1. The molecule has 6 nitrogen and oxygen atoms in total. The molecule has 16 heavy (non-hydrogen) atoms. The predicted octanol–water partition coefficient (Wildman–Crippen LogP) is -4.46. The van der Waals surface area contributed by atoms with Crippen LogP contribution in [-0.4, -0.2) is 60.6 Å². The Labute approximate surface area is 118 Å². The van der Waals surface area contributed by atoms with Crippen LogP contribution in [0.3, 0.4) is 0 Å². The van der Waals surface area contributed by atoms with Crippen molar-refractivity contribution < 1.29 is 47.6 Å². The topological polar surface area (TPSA) is 92.7 Å². The second-order valence-corrected chi connectivity index (χ2v) is 5.45. The first kappa shape index (κ1) is 16.8. The van der Waals surface area contributed by atoms with Gasteiger partial charge in [0.25, 0.3) is 0 Å². The van der Waals surface area contributed by atoms with Gasteiger partial charge in [-0.2, -0.15) is 0 Å². The van der Waals surface area contributed by atoms with Gasteiger partial charge in [-0.25, -0.2) is 8.42 Å². The number of nitrogens with one attached hydrogen (secondary N) is 1. The van der Waals surface area contributed by atoms with Crippen LogP contribution >= 0.6 is 0 Å². The molecule has 0 aromatic rings. The van der Waals surface area contributed by atoms with Gasteiger partial charge in [0.05, 0.1) is 0 Å². The van der Waals surface area contributed by atoms with E-state index in [1.807, 2.05) is 0 Å². The van der Waals surface area contributed by atoms with E-state index in [1.165, 1.54) is 6.92 Å². The van der Waals surface area contributed by atoms with E-state index in [1.54, 1.807) is 4.90 Å². The number of β-amino-alcohol motifs (C(OH)–C–C–N with tert-alkyl or cyclic N) is 1. The van der Waals surface area contributed by atoms with Crippen LogP contribution in [0.5, 0.6) is 0 Å². The van der Waals surface area contributed by atoms with Gasteiger partial charge in [-0.1, -0.05) is 6.92 Å². The van der Waals surface area contributed by atoms with Crippen molar-refractivity contribution in [3.05, 3.63) is 0 Å². The molecule has 0 radical (unpaired) electrons. The molecular formula is C8H17N2NaO4S. The van der Waals surface area contributed by atoms with E-state index >= 15 is 0 Å². The third-order valence-electron chi connectivity index (χ3n) is 2.70. The molecule has 1 heterocycles. The van der Waals surface area contributed by atoms with E-state index in [2.05, 4.69) is 5.32 Å². The summed E-state index contributed by atoms with van der Waals surface area (Å²) in [5.41, 5.74) is 0. The fourth-order valence-electron chi connectivity index (χ4n) is 1.59. The largest absolute Gasteiger partial charge is 1.00 e. The van der Waals surface area contributed by atoms with Crippen molar-refractivity contribution in [1.29, 1.82) is 0 Å². The van der Waals surface area contributed by atoms with Crippen LogP contribution in [0.1, 0.15) is 13.3 Å². The summed E-state index contributed by atoms with van der Waals surface area (Å²) in [4.78, 5) is -0.361. The SMILES string of the molecule is CCC(O)(CN1CCNCC1)S(=O)(=O)[O-].[Na+]. The van der Waals surface area contributed by atoms with Gasteiger partial charge in [-0.15, -0.1) is 0 Å². The summed E-state index contributed by atoms with van der Waals surface area (Å²) >= 11 is 0. The van der Waals surface area contributed by atoms with Crippen LogP contribution in [0, 0.1) is 0 Å². The Bertz CT molecular complexity index is 305. The zero-order chi connectivity index (χ0) is 11.5. The molecule has 2 N–H and O–H groups in total. The Hall–Kier alpha value is 0.790. The summed E-state index contributed by atoms with van der Waals surface area (Å²) in [6.45, 7) is 4.20. The third-order valence-corrected chi connectivity index (χ3v) is 4.05. The summed E-state index contributed by atoms with van der Waals surface area (Å²) < 4.78 is 32.7. The van der Waals surface area contributed by atoms with E-state index in [9.17, 15) is 18.1 Å². The van der Waals surface area contributed by atoms with Gasteiger partial charge >= 0.3 is 29.6 Å². The van der Waals surface area contributed by atoms with Crippen molar-refractivity contribution in [2.24, 2.45) is 0 Å². The molecule has 0 aromatic heterocycles. The molecule has 0 saturated carbocycles. The van der Waals surface area contributed by atoms with Crippen molar-refractivity contribution in [2.75, 3.05) is 32.7 Å². The van der Waals surface area contributed by atoms with Crippen molar-refractivity contribution in [1.82, 2.24) is 10.2 Å². The predicted molar refractivity (Wildman–Crippen MR) is 54.2 cm³/mol. The fourth-order valence-corrected chi connectivity index (χ4v) is 2.28. The molecule has 1 atom stereocenters. The fraction of sp³-hybridized carbons (Fsp3) is 1.00. The zero-order valence-electron chi connectivity index (χ0n) is 9.77. The average molecular weight is 260 g/mol. The molecule has 1 rings (SSSR count). The monoisotopic (exact) mass is 260 g/mol. The molecule has 1 aliphatic heterocycles. The molecule has 1 saturated heterocycles. The third kappa shape index (κ3) is 4.23. The number of hydrogen-bond donors (Lipinski definition) is 2. The quantitative estimate of drug-likeness (QED) is 0.391. The van der Waals surface area contributed by atoms with Crippen LogP contribution in [0.2, 0.25) is 0 Å². The number of rotatable bonds is 4. The molecule has 1 aliphatic rings. The van der Waals surface area contributed by atoms with Crippen LogP contribution in [0.25, 0.3) is 0 Å². The summed E-state index contributed by atoms with van der Waals surface area (Å²) in [5.74, 6) is 0. The Morgan fingerprint density at radius 2 is 1.94 bits per heavy atom. The van der Waals surface area contributed by atoms with E-state index < -0.39 is 15.1 Å². The first-order valence-corrected chi connectivity index (χ1v) is 6.41. The number of piperazine rings is 1. The Balaban J connectivity index is 0.00000225. The second-order valence-electron chi connectivity index (χ2n) is 3.78. The summed E-state index contributed by atoms with van der Waals surface area (Å²) in [6, 6.07) is 0. The molecule has 0 bridgehead atoms. The first-order valence-electron chi connectivity index (χ1n) is 5.00. The normalized spacial score (nSPS) is 22.2. The molecule has 90 valence electrons. The van der Waals surface area contributed by atoms with Crippen molar-refractivity contribution >= 4 is 10.1 Å². The van der Waals surface area contributed by atoms with Crippen molar-refractivity contribution in [3.63, 3.8) is 0 Å². The molecule has 0 aliphatic carbocycles. The van der Waals surface area contributed by atoms with Crippen LogP contribution < -0.4 is 34.9 Å². The Morgan fingerprint density at radius 1 is 1.44 bits per heavy atom. The molecule has 0 spiro atoms. The van der Waals surface area contributed by atoms with Gasteiger partial charge in [-0.3, -0.25) is 4.90 Å². The van der Waals surface area contributed by atoms with Gasteiger partial charge in [0.1, 0.15) is 10.1 Å². The maximum Gasteiger partial charge on any atom is 1.00 e. The van der Waals surface area contributed by atoms with Gasteiger partial charge in [0.15, 0.2) is 4.93 Å². The van der Waals surface area contributed by atoms with E-state index in [0.717, 1.165) is 13.1 Å². The van der Waals surface area contributed by atoms with Gasteiger partial charge in [-0.05, 0) is 6.42 Å².